The summed E-state index contributed by atoms with van der Waals surface area (Å²) < 4.78 is 11.2. The molecule has 1 aromatic rings. The molecule has 0 saturated heterocycles. The molecule has 0 aliphatic rings. The van der Waals surface area contributed by atoms with Gasteiger partial charge in [-0.2, -0.15) is 0 Å². The zero-order valence-corrected chi connectivity index (χ0v) is 7.34. The van der Waals surface area contributed by atoms with Gasteiger partial charge in [0.15, 0.2) is 0 Å². The van der Waals surface area contributed by atoms with Crippen LogP contribution in [0.3, 0.4) is 0 Å². The van der Waals surface area contributed by atoms with E-state index in [4.69, 9.17) is 0 Å². The van der Waals surface area contributed by atoms with Crippen molar-refractivity contribution in [3.63, 3.8) is 0 Å². The fraction of sp³-hybridized carbons (Fsp3) is 0. The number of benzene rings is 1. The second-order valence-corrected chi connectivity index (χ2v) is 5.00. The molecule has 1 nitrogen and oxygen atoms in total. The van der Waals surface area contributed by atoms with Gasteiger partial charge < -0.3 is 0 Å². The Morgan fingerprint density at radius 3 is 2.44 bits per heavy atom. The number of hydrogen-bond acceptors (Lipinski definition) is 1. The molecule has 0 heterocycles. The summed E-state index contributed by atoms with van der Waals surface area (Å²) in [5.41, 5.74) is 0. The molecule has 0 radical (unpaired) electrons. The molecule has 0 amide bonds. The fourth-order valence-electron chi connectivity index (χ4n) is 0.532. The maximum absolute atomic E-state index is 10.1. The van der Waals surface area contributed by atoms with E-state index in [0.29, 0.717) is 9.43 Å². The zero-order valence-electron chi connectivity index (χ0n) is 4.65. The second kappa shape index (κ2) is 3.75. The SMILES string of the molecule is O=S=[As]c1ccccc1. The zero-order chi connectivity index (χ0) is 6.53. The first-order valence-corrected chi connectivity index (χ1v) is 6.42. The van der Waals surface area contributed by atoms with Crippen LogP contribution in [0.4, 0.5) is 0 Å². The van der Waals surface area contributed by atoms with E-state index < -0.39 is 0 Å². The fourth-order valence-corrected chi connectivity index (χ4v) is 2.41. The van der Waals surface area contributed by atoms with E-state index in [-0.39, 0.29) is 14.1 Å². The van der Waals surface area contributed by atoms with Gasteiger partial charge in [-0.25, -0.2) is 0 Å². The van der Waals surface area contributed by atoms with Crippen LogP contribution in [-0.2, 0) is 9.43 Å². The first kappa shape index (κ1) is 6.91. The predicted octanol–water partition coefficient (Wildman–Crippen LogP) is 0.144. The molecule has 3 heteroatoms. The van der Waals surface area contributed by atoms with E-state index in [2.05, 4.69) is 0 Å². The molecule has 1 rings (SSSR count). The molecular weight excluding hydrogens is 195 g/mol. The summed E-state index contributed by atoms with van der Waals surface area (Å²) >= 11 is -0.179. The van der Waals surface area contributed by atoms with Crippen LogP contribution < -0.4 is 4.35 Å². The van der Waals surface area contributed by atoms with E-state index >= 15 is 0 Å². The van der Waals surface area contributed by atoms with Crippen molar-refractivity contribution in [1.29, 1.82) is 0 Å². The van der Waals surface area contributed by atoms with Crippen molar-refractivity contribution in [3.8, 4) is 0 Å². The topological polar surface area (TPSA) is 17.1 Å². The molecule has 0 N–H and O–H groups in total. The molecule has 0 spiro atoms. The van der Waals surface area contributed by atoms with Crippen LogP contribution in [0.1, 0.15) is 0 Å². The van der Waals surface area contributed by atoms with Gasteiger partial charge in [-0.1, -0.05) is 0 Å². The summed E-state index contributed by atoms with van der Waals surface area (Å²) in [4.78, 5) is 0. The molecule has 1 aromatic carbocycles. The maximum atomic E-state index is 10.1. The quantitative estimate of drug-likeness (QED) is 0.589. The van der Waals surface area contributed by atoms with Crippen LogP contribution in [0.5, 0.6) is 0 Å². The molecule has 0 atom stereocenters. The minimum absolute atomic E-state index is 0.179. The van der Waals surface area contributed by atoms with Gasteiger partial charge in [0.05, 0.1) is 0 Å². The van der Waals surface area contributed by atoms with Crippen LogP contribution in [0.15, 0.2) is 30.3 Å². The second-order valence-electron chi connectivity index (χ2n) is 1.50. The summed E-state index contributed by atoms with van der Waals surface area (Å²) in [5, 5.41) is 0. The Morgan fingerprint density at radius 2 is 1.89 bits per heavy atom. The van der Waals surface area contributed by atoms with Gasteiger partial charge in [0, 0.05) is 0 Å². The predicted molar refractivity (Wildman–Crippen MR) is 40.0 cm³/mol. The molecule has 46 valence electrons. The summed E-state index contributed by atoms with van der Waals surface area (Å²) in [6.45, 7) is 0. The van der Waals surface area contributed by atoms with Crippen molar-refractivity contribution < 1.29 is 4.21 Å². The average Bonchev–Trinajstić information content (AvgIpc) is 1.91. The summed E-state index contributed by atoms with van der Waals surface area (Å²) in [6, 6.07) is 9.86. The number of hydrogen-bond donors (Lipinski definition) is 0. The normalized spacial score (nSPS) is 9.33. The van der Waals surface area contributed by atoms with Crippen molar-refractivity contribution in [2.45, 2.75) is 0 Å². The van der Waals surface area contributed by atoms with E-state index in [1.54, 1.807) is 0 Å². The molecule has 0 aliphatic heterocycles. The van der Waals surface area contributed by atoms with Crippen LogP contribution in [0.2, 0.25) is 0 Å². The minimum atomic E-state index is -0.179. The molecule has 0 aromatic heterocycles. The Kier molecular flexibility index (Phi) is 2.88. The summed E-state index contributed by atoms with van der Waals surface area (Å²) in [7, 11) is 0.698. The number of rotatable bonds is 1. The van der Waals surface area contributed by atoms with Crippen LogP contribution >= 0.6 is 0 Å². The van der Waals surface area contributed by atoms with Crippen LogP contribution in [-0.4, -0.2) is 18.3 Å². The Hall–Kier alpha value is -0.202. The average molecular weight is 200 g/mol. The standard InChI is InChI=1S/C6H5AsOS/c8-9-7-6-4-2-1-3-5-6/h1-5H. The van der Waals surface area contributed by atoms with Crippen molar-refractivity contribution in [1.82, 2.24) is 0 Å². The van der Waals surface area contributed by atoms with Gasteiger partial charge in [-0.05, 0) is 0 Å². The van der Waals surface area contributed by atoms with Crippen molar-refractivity contribution in [2.75, 3.05) is 0 Å². The summed E-state index contributed by atoms with van der Waals surface area (Å²) in [5.74, 6) is 0. The van der Waals surface area contributed by atoms with Crippen molar-refractivity contribution >= 4 is 27.9 Å². The van der Waals surface area contributed by atoms with E-state index in [9.17, 15) is 4.21 Å². The Labute approximate surface area is 62.6 Å². The van der Waals surface area contributed by atoms with Gasteiger partial charge in [-0.15, -0.1) is 0 Å². The molecule has 0 saturated carbocycles. The Balaban J connectivity index is 2.97. The molecular formula is C6H5AsOS. The third kappa shape index (κ3) is 2.25. The molecule has 0 fully saturated rings. The van der Waals surface area contributed by atoms with E-state index in [1.165, 1.54) is 4.35 Å². The first-order valence-electron chi connectivity index (χ1n) is 2.48. The van der Waals surface area contributed by atoms with E-state index in [0.717, 1.165) is 0 Å². The van der Waals surface area contributed by atoms with Gasteiger partial charge in [0.1, 0.15) is 0 Å². The third-order valence-electron chi connectivity index (χ3n) is 0.899. The Morgan fingerprint density at radius 1 is 1.22 bits per heavy atom. The monoisotopic (exact) mass is 200 g/mol. The van der Waals surface area contributed by atoms with Crippen molar-refractivity contribution in [3.05, 3.63) is 30.3 Å². The molecule has 0 bridgehead atoms. The van der Waals surface area contributed by atoms with Gasteiger partial charge in [0.2, 0.25) is 0 Å². The van der Waals surface area contributed by atoms with Gasteiger partial charge >= 0.3 is 62.4 Å². The van der Waals surface area contributed by atoms with Crippen LogP contribution in [0, 0.1) is 0 Å². The summed E-state index contributed by atoms with van der Waals surface area (Å²) in [6.07, 6.45) is 0. The van der Waals surface area contributed by atoms with E-state index in [1.807, 2.05) is 30.3 Å². The molecule has 0 unspecified atom stereocenters. The van der Waals surface area contributed by atoms with Crippen molar-refractivity contribution in [2.24, 2.45) is 0 Å². The molecule has 0 aliphatic carbocycles. The van der Waals surface area contributed by atoms with Gasteiger partial charge in [-0.3, -0.25) is 0 Å². The third-order valence-corrected chi connectivity index (χ3v) is 3.61. The first-order chi connectivity index (χ1) is 4.43. The van der Waals surface area contributed by atoms with Gasteiger partial charge in [0.25, 0.3) is 0 Å². The van der Waals surface area contributed by atoms with Crippen LogP contribution in [0.25, 0.3) is 0 Å². The molecule has 9 heavy (non-hydrogen) atoms. The Bertz CT molecular complexity index is 228.